The topological polar surface area (TPSA) is 34.9 Å². The second-order valence-corrected chi connectivity index (χ2v) is 7.24. The minimum atomic E-state index is -0.103. The van der Waals surface area contributed by atoms with Crippen LogP contribution in [0.4, 0.5) is 0 Å². The van der Waals surface area contributed by atoms with Crippen molar-refractivity contribution in [3.8, 4) is 5.69 Å². The Hall–Kier alpha value is -2.88. The van der Waals surface area contributed by atoms with Crippen molar-refractivity contribution in [2.24, 2.45) is 0 Å². The molecule has 4 rings (SSSR count). The van der Waals surface area contributed by atoms with Gasteiger partial charge in [-0.1, -0.05) is 65.7 Å². The molecule has 138 valence electrons. The molecule has 0 unspecified atom stereocenters. The molecule has 0 aliphatic heterocycles. The van der Waals surface area contributed by atoms with Crippen LogP contribution in [0.5, 0.6) is 0 Å². The SMILES string of the molecule is Cc1ccccc1-n1c(C=Cc2ccc(Cl)c(Cl)c2)nc2ccccc2c1=O. The molecule has 1 aromatic heterocycles. The van der Waals surface area contributed by atoms with Crippen LogP contribution in [0.3, 0.4) is 0 Å². The third-order valence-electron chi connectivity index (χ3n) is 4.53. The van der Waals surface area contributed by atoms with Crippen LogP contribution < -0.4 is 5.56 Å². The summed E-state index contributed by atoms with van der Waals surface area (Å²) in [7, 11) is 0. The van der Waals surface area contributed by atoms with Crippen molar-refractivity contribution in [2.45, 2.75) is 6.92 Å². The van der Waals surface area contributed by atoms with E-state index in [-0.39, 0.29) is 5.56 Å². The number of aryl methyl sites for hydroxylation is 1. The van der Waals surface area contributed by atoms with Gasteiger partial charge in [-0.25, -0.2) is 4.98 Å². The van der Waals surface area contributed by atoms with Crippen molar-refractivity contribution in [3.05, 3.63) is 104 Å². The molecule has 0 saturated carbocycles. The van der Waals surface area contributed by atoms with Crippen molar-refractivity contribution in [3.63, 3.8) is 0 Å². The zero-order valence-electron chi connectivity index (χ0n) is 15.1. The molecule has 0 aliphatic carbocycles. The second kappa shape index (κ2) is 7.63. The Kier molecular flexibility index (Phi) is 5.03. The number of hydrogen-bond acceptors (Lipinski definition) is 2. The summed E-state index contributed by atoms with van der Waals surface area (Å²) in [6.45, 7) is 1.98. The van der Waals surface area contributed by atoms with Crippen molar-refractivity contribution in [2.75, 3.05) is 0 Å². The summed E-state index contributed by atoms with van der Waals surface area (Å²) in [5.74, 6) is 0.545. The summed E-state index contributed by atoms with van der Waals surface area (Å²) < 4.78 is 1.64. The van der Waals surface area contributed by atoms with E-state index in [1.54, 1.807) is 22.8 Å². The van der Waals surface area contributed by atoms with Crippen LogP contribution >= 0.6 is 23.2 Å². The number of nitrogens with zero attached hydrogens (tertiary/aromatic N) is 2. The second-order valence-electron chi connectivity index (χ2n) is 6.42. The quantitative estimate of drug-likeness (QED) is 0.407. The third kappa shape index (κ3) is 3.47. The molecule has 0 spiro atoms. The first-order valence-corrected chi connectivity index (χ1v) is 9.51. The van der Waals surface area contributed by atoms with Gasteiger partial charge < -0.3 is 0 Å². The normalized spacial score (nSPS) is 11.4. The van der Waals surface area contributed by atoms with E-state index in [0.29, 0.717) is 26.8 Å². The van der Waals surface area contributed by atoms with Crippen LogP contribution in [0.1, 0.15) is 17.0 Å². The lowest BCUT2D eigenvalue weighted by Crippen LogP contribution is -2.23. The van der Waals surface area contributed by atoms with Gasteiger partial charge in [0.1, 0.15) is 5.82 Å². The van der Waals surface area contributed by atoms with Crippen LogP contribution in [0, 0.1) is 6.92 Å². The number of para-hydroxylation sites is 2. The van der Waals surface area contributed by atoms with Crippen LogP contribution in [0.25, 0.3) is 28.7 Å². The van der Waals surface area contributed by atoms with Gasteiger partial charge in [-0.3, -0.25) is 9.36 Å². The molecule has 28 heavy (non-hydrogen) atoms. The maximum absolute atomic E-state index is 13.3. The minimum absolute atomic E-state index is 0.103. The Labute approximate surface area is 172 Å². The van der Waals surface area contributed by atoms with Gasteiger partial charge in [-0.05, 0) is 54.5 Å². The number of hydrogen-bond donors (Lipinski definition) is 0. The van der Waals surface area contributed by atoms with E-state index < -0.39 is 0 Å². The lowest BCUT2D eigenvalue weighted by molar-refractivity contribution is 0.934. The number of aromatic nitrogens is 2. The summed E-state index contributed by atoms with van der Waals surface area (Å²) >= 11 is 12.1. The van der Waals surface area contributed by atoms with E-state index in [2.05, 4.69) is 0 Å². The standard InChI is InChI=1S/C23H16Cl2N2O/c1-15-6-2-5-9-21(15)27-22(13-11-16-10-12-18(24)19(25)14-16)26-20-8-4-3-7-17(20)23(27)28/h2-14H,1H3. The summed E-state index contributed by atoms with van der Waals surface area (Å²) in [6, 6.07) is 20.5. The molecule has 4 aromatic rings. The van der Waals surface area contributed by atoms with Crippen molar-refractivity contribution < 1.29 is 0 Å². The van der Waals surface area contributed by atoms with Crippen LogP contribution in [-0.2, 0) is 0 Å². The third-order valence-corrected chi connectivity index (χ3v) is 5.27. The monoisotopic (exact) mass is 406 g/mol. The molecule has 0 bridgehead atoms. The molecule has 0 saturated heterocycles. The molecule has 0 fully saturated rings. The molecule has 0 atom stereocenters. The Bertz CT molecular complexity index is 1280. The molecule has 0 N–H and O–H groups in total. The predicted octanol–water partition coefficient (Wildman–Crippen LogP) is 6.17. The lowest BCUT2D eigenvalue weighted by atomic mass is 10.1. The Morgan fingerprint density at radius 3 is 2.43 bits per heavy atom. The van der Waals surface area contributed by atoms with Gasteiger partial charge in [0.15, 0.2) is 0 Å². The summed E-state index contributed by atoms with van der Waals surface area (Å²) in [6.07, 6.45) is 3.69. The largest absolute Gasteiger partial charge is 0.268 e. The first kappa shape index (κ1) is 18.5. The molecule has 0 aliphatic rings. The zero-order chi connectivity index (χ0) is 19.7. The first-order valence-electron chi connectivity index (χ1n) is 8.75. The maximum Gasteiger partial charge on any atom is 0.266 e. The Balaban J connectivity index is 1.95. The molecule has 0 amide bonds. The number of rotatable bonds is 3. The fourth-order valence-corrected chi connectivity index (χ4v) is 3.40. The van der Waals surface area contributed by atoms with Gasteiger partial charge in [-0.2, -0.15) is 0 Å². The average Bonchev–Trinajstić information content (AvgIpc) is 2.70. The molecule has 3 aromatic carbocycles. The van der Waals surface area contributed by atoms with E-state index in [4.69, 9.17) is 28.2 Å². The van der Waals surface area contributed by atoms with Gasteiger partial charge >= 0.3 is 0 Å². The summed E-state index contributed by atoms with van der Waals surface area (Å²) in [4.78, 5) is 18.0. The van der Waals surface area contributed by atoms with Gasteiger partial charge in [0, 0.05) is 0 Å². The fourth-order valence-electron chi connectivity index (χ4n) is 3.10. The van der Waals surface area contributed by atoms with E-state index in [1.807, 2.05) is 67.6 Å². The highest BCUT2D eigenvalue weighted by Gasteiger charge is 2.12. The van der Waals surface area contributed by atoms with Crippen LogP contribution in [0.2, 0.25) is 10.0 Å². The average molecular weight is 407 g/mol. The highest BCUT2D eigenvalue weighted by atomic mass is 35.5. The van der Waals surface area contributed by atoms with Crippen molar-refractivity contribution >= 4 is 46.3 Å². The molecule has 5 heteroatoms. The fraction of sp³-hybridized carbons (Fsp3) is 0.0435. The minimum Gasteiger partial charge on any atom is -0.268 e. The van der Waals surface area contributed by atoms with E-state index in [1.165, 1.54) is 0 Å². The highest BCUT2D eigenvalue weighted by molar-refractivity contribution is 6.42. The number of benzene rings is 3. The molecule has 1 heterocycles. The smallest absolute Gasteiger partial charge is 0.266 e. The van der Waals surface area contributed by atoms with E-state index in [9.17, 15) is 4.79 Å². The lowest BCUT2D eigenvalue weighted by Gasteiger charge is -2.13. The molecular weight excluding hydrogens is 391 g/mol. The number of halogens is 2. The van der Waals surface area contributed by atoms with Gasteiger partial charge in [0.05, 0.1) is 26.6 Å². The van der Waals surface area contributed by atoms with Crippen LogP contribution in [0.15, 0.2) is 71.5 Å². The first-order chi connectivity index (χ1) is 13.5. The highest BCUT2D eigenvalue weighted by Crippen LogP contribution is 2.24. The number of fused-ring (bicyclic) bond motifs is 1. The Morgan fingerprint density at radius 2 is 1.64 bits per heavy atom. The Morgan fingerprint density at radius 1 is 0.893 bits per heavy atom. The van der Waals surface area contributed by atoms with Gasteiger partial charge in [-0.15, -0.1) is 0 Å². The molecule has 0 radical (unpaired) electrons. The van der Waals surface area contributed by atoms with Gasteiger partial charge in [0.25, 0.3) is 5.56 Å². The maximum atomic E-state index is 13.3. The van der Waals surface area contributed by atoms with Crippen molar-refractivity contribution in [1.82, 2.24) is 9.55 Å². The molecule has 3 nitrogen and oxygen atoms in total. The van der Waals surface area contributed by atoms with Gasteiger partial charge in [0.2, 0.25) is 0 Å². The predicted molar refractivity (Wildman–Crippen MR) is 117 cm³/mol. The van der Waals surface area contributed by atoms with Crippen molar-refractivity contribution in [1.29, 1.82) is 0 Å². The zero-order valence-corrected chi connectivity index (χ0v) is 16.6. The molecular formula is C23H16Cl2N2O. The van der Waals surface area contributed by atoms with Crippen LogP contribution in [-0.4, -0.2) is 9.55 Å². The summed E-state index contributed by atoms with van der Waals surface area (Å²) in [5, 5.41) is 1.56. The van der Waals surface area contributed by atoms with E-state index >= 15 is 0 Å². The summed E-state index contributed by atoms with van der Waals surface area (Å²) in [5.41, 5.74) is 3.22. The van der Waals surface area contributed by atoms with E-state index in [0.717, 1.165) is 16.8 Å².